The molecule has 1 aromatic carbocycles. The van der Waals surface area contributed by atoms with E-state index in [9.17, 15) is 18.4 Å². The molecule has 134 valence electrons. The Morgan fingerprint density at radius 2 is 1.88 bits per heavy atom. The Labute approximate surface area is 144 Å². The van der Waals surface area contributed by atoms with Gasteiger partial charge in [0.25, 0.3) is 5.91 Å². The van der Waals surface area contributed by atoms with E-state index in [1.807, 2.05) is 0 Å². The zero-order valence-electron chi connectivity index (χ0n) is 13.4. The predicted molar refractivity (Wildman–Crippen MR) is 86.4 cm³/mol. The molecule has 1 unspecified atom stereocenters. The van der Waals surface area contributed by atoms with Crippen molar-refractivity contribution in [3.8, 4) is 0 Å². The molecule has 0 bridgehead atoms. The van der Waals surface area contributed by atoms with Crippen molar-refractivity contribution in [1.29, 1.82) is 0 Å². The average molecular weight is 362 g/mol. The highest BCUT2D eigenvalue weighted by atomic mass is 19.1. The van der Waals surface area contributed by atoms with Crippen LogP contribution in [0.5, 0.6) is 0 Å². The number of H-pyrrole nitrogens is 2. The Kier molecular flexibility index (Phi) is 3.60. The third-order valence-electron chi connectivity index (χ3n) is 4.50. The summed E-state index contributed by atoms with van der Waals surface area (Å²) in [5.41, 5.74) is -1.76. The van der Waals surface area contributed by atoms with E-state index in [1.165, 1.54) is 17.2 Å². The number of imidazole rings is 1. The van der Waals surface area contributed by atoms with Crippen LogP contribution in [0.3, 0.4) is 0 Å². The molecule has 0 aliphatic carbocycles. The number of rotatable bonds is 2. The van der Waals surface area contributed by atoms with E-state index in [1.54, 1.807) is 0 Å². The highest BCUT2D eigenvalue weighted by Crippen LogP contribution is 2.37. The first kappa shape index (κ1) is 16.4. The van der Waals surface area contributed by atoms with Crippen molar-refractivity contribution in [2.75, 3.05) is 13.1 Å². The Morgan fingerprint density at radius 3 is 2.62 bits per heavy atom. The fourth-order valence-corrected chi connectivity index (χ4v) is 3.21. The maximum Gasteiger partial charge on any atom is 0.325 e. The number of carbonyl (C=O) groups is 1. The topological polar surface area (TPSA) is 81.8 Å². The lowest BCUT2D eigenvalue weighted by molar-refractivity contribution is 0.0750. The molecule has 2 aromatic heterocycles. The largest absolute Gasteiger partial charge is 0.335 e. The smallest absolute Gasteiger partial charge is 0.325 e. The number of amides is 1. The molecule has 3 aromatic rings. The summed E-state index contributed by atoms with van der Waals surface area (Å²) in [7, 11) is 0. The van der Waals surface area contributed by atoms with Crippen LogP contribution in [0.2, 0.25) is 0 Å². The Bertz CT molecular complexity index is 1060. The van der Waals surface area contributed by atoms with E-state index in [2.05, 4.69) is 15.0 Å². The number of pyridine rings is 1. The maximum absolute atomic E-state index is 15.2. The van der Waals surface area contributed by atoms with Crippen LogP contribution >= 0.6 is 0 Å². The number of hydrogen-bond donors (Lipinski definition) is 2. The van der Waals surface area contributed by atoms with Gasteiger partial charge in [0.05, 0.1) is 17.6 Å². The van der Waals surface area contributed by atoms with Gasteiger partial charge in [0.15, 0.2) is 11.3 Å². The van der Waals surface area contributed by atoms with Gasteiger partial charge in [-0.3, -0.25) is 9.78 Å². The minimum Gasteiger partial charge on any atom is -0.335 e. The first-order valence-corrected chi connectivity index (χ1v) is 7.87. The molecule has 6 nitrogen and oxygen atoms in total. The van der Waals surface area contributed by atoms with Crippen LogP contribution in [-0.2, 0) is 5.67 Å². The zero-order chi connectivity index (χ0) is 18.5. The SMILES string of the molecule is O=C(c1cnc2[nH]c(=O)[nH]c2c1)N1CCC(F)(c2cc(F)cc(F)c2)C1. The molecule has 2 N–H and O–H groups in total. The van der Waals surface area contributed by atoms with Crippen LogP contribution in [0.25, 0.3) is 11.2 Å². The van der Waals surface area contributed by atoms with E-state index in [4.69, 9.17) is 0 Å². The molecule has 4 rings (SSSR count). The zero-order valence-corrected chi connectivity index (χ0v) is 13.4. The van der Waals surface area contributed by atoms with Crippen LogP contribution in [0, 0.1) is 11.6 Å². The maximum atomic E-state index is 15.2. The lowest BCUT2D eigenvalue weighted by Gasteiger charge is -2.21. The molecule has 0 saturated carbocycles. The van der Waals surface area contributed by atoms with Crippen LogP contribution in [0.1, 0.15) is 22.3 Å². The Hall–Kier alpha value is -3.10. The van der Waals surface area contributed by atoms with E-state index in [0.29, 0.717) is 17.2 Å². The average Bonchev–Trinajstić information content (AvgIpc) is 3.15. The quantitative estimate of drug-likeness (QED) is 0.734. The molecule has 1 amide bonds. The van der Waals surface area contributed by atoms with Crippen molar-refractivity contribution >= 4 is 17.1 Å². The van der Waals surface area contributed by atoms with Crippen LogP contribution in [-0.4, -0.2) is 38.8 Å². The molecule has 1 fully saturated rings. The standard InChI is InChI=1S/C17H13F3N4O2/c18-11-4-10(5-12(19)6-11)17(20)1-2-24(8-17)15(25)9-3-13-14(21-7-9)23-16(26)22-13/h3-7H,1-2,8H2,(H2,21,22,23,26). The molecule has 1 aliphatic rings. The minimum absolute atomic E-state index is 0.0711. The van der Waals surface area contributed by atoms with Gasteiger partial charge in [-0.05, 0) is 23.8 Å². The minimum atomic E-state index is -2.03. The van der Waals surface area contributed by atoms with Gasteiger partial charge < -0.3 is 9.88 Å². The Morgan fingerprint density at radius 1 is 1.15 bits per heavy atom. The number of hydrogen-bond acceptors (Lipinski definition) is 3. The summed E-state index contributed by atoms with van der Waals surface area (Å²) in [6.45, 7) is -0.231. The number of carbonyl (C=O) groups excluding carboxylic acids is 1. The van der Waals surface area contributed by atoms with Gasteiger partial charge in [-0.1, -0.05) is 0 Å². The Balaban J connectivity index is 1.60. The summed E-state index contributed by atoms with van der Waals surface area (Å²) in [4.78, 5) is 34.1. The van der Waals surface area contributed by atoms with Crippen molar-refractivity contribution < 1.29 is 18.0 Å². The molecule has 0 spiro atoms. The number of fused-ring (bicyclic) bond motifs is 1. The molecule has 1 aliphatic heterocycles. The second-order valence-electron chi connectivity index (χ2n) is 6.30. The molecule has 1 saturated heterocycles. The van der Waals surface area contributed by atoms with Gasteiger partial charge in [-0.25, -0.2) is 22.9 Å². The van der Waals surface area contributed by atoms with Crippen molar-refractivity contribution in [3.63, 3.8) is 0 Å². The van der Waals surface area contributed by atoms with Gasteiger partial charge >= 0.3 is 5.69 Å². The summed E-state index contributed by atoms with van der Waals surface area (Å²) in [6.07, 6.45) is 1.22. The summed E-state index contributed by atoms with van der Waals surface area (Å²) in [6, 6.07) is 4.00. The summed E-state index contributed by atoms with van der Waals surface area (Å²) in [5, 5.41) is 0. The van der Waals surface area contributed by atoms with Crippen molar-refractivity contribution in [1.82, 2.24) is 19.9 Å². The molecular weight excluding hydrogens is 349 g/mol. The summed E-state index contributed by atoms with van der Waals surface area (Å²) >= 11 is 0. The van der Waals surface area contributed by atoms with Crippen molar-refractivity contribution in [2.24, 2.45) is 0 Å². The van der Waals surface area contributed by atoms with Gasteiger partial charge in [0, 0.05) is 25.2 Å². The first-order chi connectivity index (χ1) is 12.3. The molecule has 9 heteroatoms. The number of aromatic nitrogens is 3. The number of alkyl halides is 1. The number of nitrogens with one attached hydrogen (secondary N) is 2. The van der Waals surface area contributed by atoms with Crippen molar-refractivity contribution in [3.05, 3.63) is 63.7 Å². The van der Waals surface area contributed by atoms with Gasteiger partial charge in [-0.2, -0.15) is 0 Å². The first-order valence-electron chi connectivity index (χ1n) is 7.87. The second kappa shape index (κ2) is 5.72. The van der Waals surface area contributed by atoms with E-state index in [0.717, 1.165) is 12.1 Å². The van der Waals surface area contributed by atoms with E-state index in [-0.39, 0.29) is 30.6 Å². The lowest BCUT2D eigenvalue weighted by Crippen LogP contribution is -2.32. The normalized spacial score (nSPS) is 20.0. The molecule has 0 radical (unpaired) electrons. The number of aromatic amines is 2. The fourth-order valence-electron chi connectivity index (χ4n) is 3.21. The van der Waals surface area contributed by atoms with Crippen LogP contribution in [0.15, 0.2) is 35.3 Å². The highest BCUT2D eigenvalue weighted by molar-refractivity contribution is 5.96. The fraction of sp³-hybridized carbons (Fsp3) is 0.235. The van der Waals surface area contributed by atoms with Gasteiger partial charge in [0.2, 0.25) is 0 Å². The van der Waals surface area contributed by atoms with E-state index < -0.39 is 28.9 Å². The van der Waals surface area contributed by atoms with Gasteiger partial charge in [0.1, 0.15) is 11.6 Å². The third-order valence-corrected chi connectivity index (χ3v) is 4.50. The molecule has 1 atom stereocenters. The lowest BCUT2D eigenvalue weighted by atomic mass is 9.95. The van der Waals surface area contributed by atoms with E-state index >= 15 is 4.39 Å². The molecule has 26 heavy (non-hydrogen) atoms. The molecular formula is C17H13F3N4O2. The van der Waals surface area contributed by atoms with Crippen LogP contribution < -0.4 is 5.69 Å². The summed E-state index contributed by atoms with van der Waals surface area (Å²) < 4.78 is 42.0. The van der Waals surface area contributed by atoms with Crippen LogP contribution in [0.4, 0.5) is 13.2 Å². The number of halogens is 3. The highest BCUT2D eigenvalue weighted by Gasteiger charge is 2.42. The number of nitrogens with zero attached hydrogens (tertiary/aromatic N) is 2. The number of benzene rings is 1. The predicted octanol–water partition coefficient (Wildman–Crippen LogP) is 2.24. The van der Waals surface area contributed by atoms with Gasteiger partial charge in [-0.15, -0.1) is 0 Å². The number of likely N-dealkylation sites (tertiary alicyclic amines) is 1. The third kappa shape index (κ3) is 2.75. The monoisotopic (exact) mass is 362 g/mol. The second-order valence-corrected chi connectivity index (χ2v) is 6.30. The summed E-state index contributed by atoms with van der Waals surface area (Å²) in [5.74, 6) is -2.21. The van der Waals surface area contributed by atoms with Crippen molar-refractivity contribution in [2.45, 2.75) is 12.1 Å². The molecule has 3 heterocycles.